The number of halogens is 7. The fraction of sp³-hybridized carbons (Fsp3) is 0.257. The number of methoxy groups -OCH3 is 1. The van der Waals surface area contributed by atoms with Gasteiger partial charge in [-0.1, -0.05) is 42.5 Å². The van der Waals surface area contributed by atoms with Crippen molar-refractivity contribution in [2.24, 2.45) is 17.8 Å². The number of carbonyl (C=O) groups is 4. The van der Waals surface area contributed by atoms with Gasteiger partial charge in [0, 0.05) is 17.5 Å². The summed E-state index contributed by atoms with van der Waals surface area (Å²) in [6, 6.07) is 10.1. The summed E-state index contributed by atoms with van der Waals surface area (Å²) in [5.41, 5.74) is -0.623. The first-order valence-electron chi connectivity index (χ1n) is 15.1. The first-order valence-corrected chi connectivity index (χ1v) is 15.8. The highest BCUT2D eigenvalue weighted by Crippen LogP contribution is 2.67. The number of imide groups is 2. The lowest BCUT2D eigenvalue weighted by Gasteiger charge is -2.50. The second kappa shape index (κ2) is 11.4. The molecule has 0 spiro atoms. The standard InChI is InChI=1S/C35H23Cl2F5N2O6/c1-3-14-4-6-15(7-5-14)43-30(46)19-11-10-17-20(22(19)31(43)47)13-34(36)32(48)44(29-27(41)25(39)24(38)26(40)28(29)42)33(49)35(34,37)23(17)18-9-8-16(45)12-21(18)50-2/h3-10,12,19-20,22-23,45H,1,11,13H2,2H3. The van der Waals surface area contributed by atoms with E-state index < -0.39 is 98.2 Å². The van der Waals surface area contributed by atoms with Gasteiger partial charge in [-0.2, -0.15) is 0 Å². The molecule has 2 saturated heterocycles. The van der Waals surface area contributed by atoms with Gasteiger partial charge in [0.15, 0.2) is 33.0 Å². The molecule has 1 saturated carbocycles. The highest BCUT2D eigenvalue weighted by molar-refractivity contribution is 6.58. The molecule has 0 bridgehead atoms. The van der Waals surface area contributed by atoms with E-state index >= 15 is 8.78 Å². The Morgan fingerprint density at radius 2 is 1.48 bits per heavy atom. The summed E-state index contributed by atoms with van der Waals surface area (Å²) in [5, 5.41) is 10.2. The third kappa shape index (κ3) is 4.22. The Labute approximate surface area is 290 Å². The molecule has 15 heteroatoms. The number of anilines is 2. The van der Waals surface area contributed by atoms with Crippen molar-refractivity contribution in [1.29, 1.82) is 0 Å². The number of rotatable bonds is 5. The number of ether oxygens (including phenoxy) is 1. The average molecular weight is 733 g/mol. The number of fused-ring (bicyclic) bond motifs is 4. The van der Waals surface area contributed by atoms with Gasteiger partial charge in [0.2, 0.25) is 17.6 Å². The summed E-state index contributed by atoms with van der Waals surface area (Å²) in [6.45, 7) is 3.69. The summed E-state index contributed by atoms with van der Waals surface area (Å²) < 4.78 is 78.8. The van der Waals surface area contributed by atoms with Crippen LogP contribution in [0.4, 0.5) is 33.3 Å². The quantitative estimate of drug-likeness (QED) is 0.0802. The maximum absolute atomic E-state index is 15.2. The highest BCUT2D eigenvalue weighted by atomic mass is 35.5. The molecule has 0 radical (unpaired) electrons. The third-order valence-corrected chi connectivity index (χ3v) is 11.5. The second-order valence-corrected chi connectivity index (χ2v) is 13.7. The third-order valence-electron chi connectivity index (χ3n) is 10.1. The second-order valence-electron chi connectivity index (χ2n) is 12.4. The molecule has 50 heavy (non-hydrogen) atoms. The molecule has 7 rings (SSSR count). The lowest BCUT2D eigenvalue weighted by atomic mass is 9.56. The van der Waals surface area contributed by atoms with Gasteiger partial charge in [-0.25, -0.2) is 26.9 Å². The van der Waals surface area contributed by atoms with Gasteiger partial charge >= 0.3 is 0 Å². The van der Waals surface area contributed by atoms with Crippen molar-refractivity contribution >= 4 is 64.3 Å². The number of benzene rings is 3. The molecule has 3 fully saturated rings. The van der Waals surface area contributed by atoms with Gasteiger partial charge in [-0.3, -0.25) is 24.1 Å². The van der Waals surface area contributed by atoms with Crippen LogP contribution in [-0.2, 0) is 19.2 Å². The largest absolute Gasteiger partial charge is 0.508 e. The van der Waals surface area contributed by atoms with Crippen molar-refractivity contribution in [3.05, 3.63) is 101 Å². The van der Waals surface area contributed by atoms with Crippen molar-refractivity contribution in [3.63, 3.8) is 0 Å². The van der Waals surface area contributed by atoms with E-state index in [1.807, 2.05) is 0 Å². The summed E-state index contributed by atoms with van der Waals surface area (Å²) in [5.74, 6) is -21.9. The average Bonchev–Trinajstić information content (AvgIpc) is 3.44. The summed E-state index contributed by atoms with van der Waals surface area (Å²) in [7, 11) is 1.22. The van der Waals surface area contributed by atoms with Crippen LogP contribution in [0.3, 0.4) is 0 Å². The van der Waals surface area contributed by atoms with Crippen LogP contribution in [0.2, 0.25) is 0 Å². The van der Waals surface area contributed by atoms with E-state index in [1.54, 1.807) is 36.4 Å². The van der Waals surface area contributed by atoms with E-state index in [0.717, 1.165) is 16.5 Å². The van der Waals surface area contributed by atoms with Crippen molar-refractivity contribution in [1.82, 2.24) is 0 Å². The Morgan fingerprint density at radius 1 is 0.860 bits per heavy atom. The molecule has 3 aromatic carbocycles. The van der Waals surface area contributed by atoms with Crippen LogP contribution in [0, 0.1) is 46.8 Å². The maximum Gasteiger partial charge on any atom is 0.258 e. The highest BCUT2D eigenvalue weighted by Gasteiger charge is 2.77. The molecule has 6 unspecified atom stereocenters. The number of hydrogen-bond acceptors (Lipinski definition) is 6. The molecule has 2 aliphatic carbocycles. The topological polar surface area (TPSA) is 104 Å². The first kappa shape index (κ1) is 33.7. The van der Waals surface area contributed by atoms with Crippen LogP contribution in [0.1, 0.15) is 29.9 Å². The van der Waals surface area contributed by atoms with Crippen molar-refractivity contribution in [2.45, 2.75) is 28.5 Å². The molecule has 8 nitrogen and oxygen atoms in total. The summed E-state index contributed by atoms with van der Waals surface area (Å²) >= 11 is 14.3. The van der Waals surface area contributed by atoms with Crippen molar-refractivity contribution in [2.75, 3.05) is 16.9 Å². The number of amides is 4. The number of nitrogens with zero attached hydrogens (tertiary/aromatic N) is 2. The number of aromatic hydroxyl groups is 1. The van der Waals surface area contributed by atoms with Gasteiger partial charge in [0.05, 0.1) is 24.6 Å². The number of alkyl halides is 2. The van der Waals surface area contributed by atoms with Crippen LogP contribution in [0.5, 0.6) is 11.5 Å². The molecular formula is C35H23Cl2F5N2O6. The minimum atomic E-state index is -2.73. The molecule has 1 N–H and O–H groups in total. The maximum atomic E-state index is 15.2. The van der Waals surface area contributed by atoms with Gasteiger partial charge in [0.1, 0.15) is 17.2 Å². The Balaban J connectivity index is 1.44. The zero-order valence-electron chi connectivity index (χ0n) is 25.7. The van der Waals surface area contributed by atoms with Crippen molar-refractivity contribution < 1.29 is 51.0 Å². The zero-order chi connectivity index (χ0) is 36.2. The van der Waals surface area contributed by atoms with E-state index in [0.29, 0.717) is 0 Å². The molecular weight excluding hydrogens is 710 g/mol. The fourth-order valence-electron chi connectivity index (χ4n) is 7.86. The molecule has 4 aliphatic rings. The predicted octanol–water partition coefficient (Wildman–Crippen LogP) is 6.51. The van der Waals surface area contributed by atoms with Crippen molar-refractivity contribution in [3.8, 4) is 11.5 Å². The molecule has 0 aromatic heterocycles. The normalized spacial score (nSPS) is 28.8. The minimum absolute atomic E-state index is 0.0359. The molecule has 2 aliphatic heterocycles. The lowest BCUT2D eigenvalue weighted by molar-refractivity contribution is -0.125. The lowest BCUT2D eigenvalue weighted by Crippen LogP contribution is -2.60. The molecule has 4 amide bonds. The Bertz CT molecular complexity index is 2080. The zero-order valence-corrected chi connectivity index (χ0v) is 27.2. The molecule has 6 atom stereocenters. The van der Waals surface area contributed by atoms with Crippen LogP contribution in [0.25, 0.3) is 6.08 Å². The number of hydrogen-bond donors (Lipinski definition) is 1. The number of carbonyl (C=O) groups excluding carboxylic acids is 4. The predicted molar refractivity (Wildman–Crippen MR) is 170 cm³/mol. The monoisotopic (exact) mass is 732 g/mol. The summed E-state index contributed by atoms with van der Waals surface area (Å²) in [6.07, 6.45) is 2.45. The van der Waals surface area contributed by atoms with E-state index in [4.69, 9.17) is 27.9 Å². The van der Waals surface area contributed by atoms with Gasteiger partial charge in [0.25, 0.3) is 11.8 Å². The van der Waals surface area contributed by atoms with Gasteiger partial charge in [-0.15, -0.1) is 23.2 Å². The Kier molecular flexibility index (Phi) is 7.68. The Hall–Kier alpha value is -4.75. The van der Waals surface area contributed by atoms with E-state index in [-0.39, 0.29) is 39.6 Å². The van der Waals surface area contributed by atoms with Crippen LogP contribution in [0.15, 0.2) is 60.7 Å². The van der Waals surface area contributed by atoms with E-state index in [1.165, 1.54) is 19.2 Å². The number of phenols is 1. The van der Waals surface area contributed by atoms with E-state index in [9.17, 15) is 37.5 Å². The molecule has 2 heterocycles. The van der Waals surface area contributed by atoms with Crippen LogP contribution >= 0.6 is 23.2 Å². The van der Waals surface area contributed by atoms with Crippen LogP contribution < -0.4 is 14.5 Å². The van der Waals surface area contributed by atoms with Crippen LogP contribution in [-0.4, -0.2) is 45.6 Å². The van der Waals surface area contributed by atoms with Gasteiger partial charge < -0.3 is 9.84 Å². The summed E-state index contributed by atoms with van der Waals surface area (Å²) in [4.78, 5) is 52.1. The SMILES string of the molecule is C=Cc1ccc(N2C(=O)C3CC=C4C(CC5(Cl)C(=O)N(c6c(F)c(F)c(F)c(F)c6F)C(=O)C5(Cl)C4c4ccc(O)cc4OC)C3C2=O)cc1. The molecule has 3 aromatic rings. The smallest absolute Gasteiger partial charge is 0.258 e. The van der Waals surface area contributed by atoms with Gasteiger partial charge in [-0.05, 0) is 42.5 Å². The first-order chi connectivity index (χ1) is 23.6. The fourth-order valence-corrected chi connectivity index (χ4v) is 8.79. The minimum Gasteiger partial charge on any atom is -0.508 e. The number of phenolic OH excluding ortho intramolecular Hbond substituents is 1. The Morgan fingerprint density at radius 3 is 2.08 bits per heavy atom. The number of allylic oxidation sites excluding steroid dienone is 2. The van der Waals surface area contributed by atoms with E-state index in [2.05, 4.69) is 6.58 Å². The molecule has 258 valence electrons.